The third-order valence-corrected chi connectivity index (χ3v) is 6.73. The first kappa shape index (κ1) is 21.5. The van der Waals surface area contributed by atoms with E-state index in [1.165, 1.54) is 7.11 Å². The molecule has 3 aromatic rings. The molecule has 0 aliphatic heterocycles. The van der Waals surface area contributed by atoms with Crippen LogP contribution in [0.2, 0.25) is 0 Å². The van der Waals surface area contributed by atoms with Crippen molar-refractivity contribution in [2.75, 3.05) is 20.7 Å². The zero-order valence-corrected chi connectivity index (χ0v) is 18.7. The van der Waals surface area contributed by atoms with Crippen LogP contribution in [0.25, 0.3) is 5.57 Å². The van der Waals surface area contributed by atoms with Gasteiger partial charge < -0.3 is 4.52 Å². The normalized spacial score (nSPS) is 13.9. The molecule has 29 heavy (non-hydrogen) atoms. The second-order valence-corrected chi connectivity index (χ2v) is 9.35. The monoisotopic (exact) mass is 472 g/mol. The number of halogens is 1. The standard InChI is InChI=1S/C22H22BrN2O3P/c1-25(29(26,27-2)28-21-8-4-3-5-9-21)16-14-22(19-7-6-15-24-17-19)18-10-12-20(23)13-11-18/h3-15,17H,16H2,1-2H3/b22-14+. The fraction of sp³-hybridized carbons (Fsp3) is 0.136. The average molecular weight is 473 g/mol. The van der Waals surface area contributed by atoms with Crippen molar-refractivity contribution in [3.63, 3.8) is 0 Å². The maximum Gasteiger partial charge on any atom is 0.461 e. The number of hydrogen-bond acceptors (Lipinski definition) is 4. The van der Waals surface area contributed by atoms with E-state index in [-0.39, 0.29) is 0 Å². The number of benzene rings is 2. The molecule has 0 aliphatic carbocycles. The highest BCUT2D eigenvalue weighted by atomic mass is 79.9. The first-order valence-corrected chi connectivity index (χ1v) is 11.3. The minimum Gasteiger partial charge on any atom is -0.413 e. The Kier molecular flexibility index (Phi) is 7.40. The smallest absolute Gasteiger partial charge is 0.413 e. The Morgan fingerprint density at radius 1 is 1.07 bits per heavy atom. The molecule has 2 aromatic carbocycles. The van der Waals surface area contributed by atoms with Crippen LogP contribution in [0.5, 0.6) is 5.75 Å². The Morgan fingerprint density at radius 3 is 2.41 bits per heavy atom. The number of hydrogen-bond donors (Lipinski definition) is 0. The fourth-order valence-corrected chi connectivity index (χ4v) is 4.17. The van der Waals surface area contributed by atoms with E-state index in [1.54, 1.807) is 30.0 Å². The Balaban J connectivity index is 1.87. The Morgan fingerprint density at radius 2 is 1.79 bits per heavy atom. The van der Waals surface area contributed by atoms with Gasteiger partial charge >= 0.3 is 7.75 Å². The number of likely N-dealkylation sites (N-methyl/N-ethyl adjacent to an activating group) is 1. The highest BCUT2D eigenvalue weighted by Crippen LogP contribution is 2.50. The summed E-state index contributed by atoms with van der Waals surface area (Å²) in [5.41, 5.74) is 2.99. The topological polar surface area (TPSA) is 51.7 Å². The van der Waals surface area contributed by atoms with E-state index in [4.69, 9.17) is 9.05 Å². The van der Waals surface area contributed by atoms with Crippen LogP contribution in [-0.4, -0.2) is 30.4 Å². The van der Waals surface area contributed by atoms with Crippen LogP contribution in [0.4, 0.5) is 0 Å². The number of para-hydroxylation sites is 1. The van der Waals surface area contributed by atoms with Gasteiger partial charge in [0.05, 0.1) is 0 Å². The number of aromatic nitrogens is 1. The van der Waals surface area contributed by atoms with Crippen molar-refractivity contribution in [1.29, 1.82) is 0 Å². The lowest BCUT2D eigenvalue weighted by Gasteiger charge is -2.25. The molecule has 7 heteroatoms. The van der Waals surface area contributed by atoms with E-state index in [2.05, 4.69) is 20.9 Å². The zero-order chi connectivity index (χ0) is 20.7. The van der Waals surface area contributed by atoms with Crippen molar-refractivity contribution in [2.45, 2.75) is 0 Å². The van der Waals surface area contributed by atoms with Crippen molar-refractivity contribution in [3.8, 4) is 5.75 Å². The van der Waals surface area contributed by atoms with Crippen LogP contribution in [0.15, 0.2) is 89.7 Å². The second kappa shape index (κ2) is 9.99. The Bertz CT molecular complexity index is 996. The molecule has 1 atom stereocenters. The second-order valence-electron chi connectivity index (χ2n) is 6.26. The quantitative estimate of drug-likeness (QED) is 0.374. The molecule has 0 saturated heterocycles. The van der Waals surface area contributed by atoms with E-state index < -0.39 is 7.75 Å². The fourth-order valence-electron chi connectivity index (χ4n) is 2.74. The van der Waals surface area contributed by atoms with Crippen molar-refractivity contribution in [1.82, 2.24) is 9.65 Å². The molecule has 5 nitrogen and oxygen atoms in total. The van der Waals surface area contributed by atoms with Gasteiger partial charge in [0.15, 0.2) is 0 Å². The molecule has 3 rings (SSSR count). The van der Waals surface area contributed by atoms with Gasteiger partial charge in [-0.25, -0.2) is 4.57 Å². The molecule has 1 unspecified atom stereocenters. The molecule has 0 amide bonds. The zero-order valence-electron chi connectivity index (χ0n) is 16.2. The van der Waals surface area contributed by atoms with Crippen molar-refractivity contribution in [3.05, 3.63) is 101 Å². The molecule has 0 saturated carbocycles. The van der Waals surface area contributed by atoms with Crippen LogP contribution < -0.4 is 4.52 Å². The molecule has 0 bridgehead atoms. The van der Waals surface area contributed by atoms with Gasteiger partial charge in [-0.05, 0) is 48.5 Å². The van der Waals surface area contributed by atoms with Gasteiger partial charge in [0.2, 0.25) is 0 Å². The summed E-state index contributed by atoms with van der Waals surface area (Å²) in [6.07, 6.45) is 5.55. The predicted molar refractivity (Wildman–Crippen MR) is 120 cm³/mol. The lowest BCUT2D eigenvalue weighted by molar-refractivity contribution is 0.266. The Labute approximate surface area is 179 Å². The predicted octanol–water partition coefficient (Wildman–Crippen LogP) is 6.04. The van der Waals surface area contributed by atoms with Crippen molar-refractivity contribution < 1.29 is 13.6 Å². The first-order chi connectivity index (χ1) is 14.0. The summed E-state index contributed by atoms with van der Waals surface area (Å²) < 4.78 is 26.8. The number of pyridine rings is 1. The van der Waals surface area contributed by atoms with Crippen LogP contribution in [-0.2, 0) is 9.09 Å². The summed E-state index contributed by atoms with van der Waals surface area (Å²) in [5, 5.41) is 0. The van der Waals surface area contributed by atoms with Gasteiger partial charge in [0.1, 0.15) is 5.75 Å². The van der Waals surface area contributed by atoms with Gasteiger partial charge in [0, 0.05) is 36.1 Å². The van der Waals surface area contributed by atoms with Crippen LogP contribution in [0.3, 0.4) is 0 Å². The summed E-state index contributed by atoms with van der Waals surface area (Å²) in [7, 11) is -0.391. The summed E-state index contributed by atoms with van der Waals surface area (Å²) in [4.78, 5) is 4.23. The largest absolute Gasteiger partial charge is 0.461 e. The van der Waals surface area contributed by atoms with Gasteiger partial charge in [-0.15, -0.1) is 0 Å². The molecule has 0 aliphatic rings. The number of nitrogens with zero attached hydrogens (tertiary/aromatic N) is 2. The average Bonchev–Trinajstić information content (AvgIpc) is 2.76. The molecular weight excluding hydrogens is 451 g/mol. The minimum atomic E-state index is -3.49. The van der Waals surface area contributed by atoms with Crippen LogP contribution in [0.1, 0.15) is 11.1 Å². The SMILES string of the molecule is COP(=O)(Oc1ccccc1)N(C)C/C=C(\c1ccc(Br)cc1)c1cccnc1. The molecule has 0 fully saturated rings. The highest BCUT2D eigenvalue weighted by molar-refractivity contribution is 9.10. The van der Waals surface area contributed by atoms with E-state index in [0.29, 0.717) is 12.3 Å². The van der Waals surface area contributed by atoms with Gasteiger partial charge in [-0.1, -0.05) is 58.4 Å². The lowest BCUT2D eigenvalue weighted by Crippen LogP contribution is -2.20. The molecular formula is C22H22BrN2O3P. The van der Waals surface area contributed by atoms with E-state index >= 15 is 0 Å². The third kappa shape index (κ3) is 5.64. The summed E-state index contributed by atoms with van der Waals surface area (Å²) >= 11 is 3.47. The maximum absolute atomic E-state index is 13.2. The molecule has 0 radical (unpaired) electrons. The number of rotatable bonds is 8. The van der Waals surface area contributed by atoms with Gasteiger partial charge in [0.25, 0.3) is 0 Å². The lowest BCUT2D eigenvalue weighted by atomic mass is 9.99. The van der Waals surface area contributed by atoms with Gasteiger partial charge in [-0.3, -0.25) is 9.51 Å². The van der Waals surface area contributed by atoms with E-state index in [9.17, 15) is 4.57 Å². The molecule has 0 spiro atoms. The van der Waals surface area contributed by atoms with E-state index in [1.807, 2.05) is 66.9 Å². The van der Waals surface area contributed by atoms with Crippen LogP contribution >= 0.6 is 23.7 Å². The maximum atomic E-state index is 13.2. The molecule has 0 N–H and O–H groups in total. The van der Waals surface area contributed by atoms with Crippen molar-refractivity contribution >= 4 is 29.2 Å². The minimum absolute atomic E-state index is 0.359. The van der Waals surface area contributed by atoms with E-state index in [0.717, 1.165) is 21.2 Å². The summed E-state index contributed by atoms with van der Waals surface area (Å²) in [6, 6.07) is 20.9. The molecule has 150 valence electrons. The third-order valence-electron chi connectivity index (χ3n) is 4.30. The molecule has 1 aromatic heterocycles. The first-order valence-electron chi connectivity index (χ1n) is 9.00. The Hall–Kier alpha value is -2.24. The molecule has 1 heterocycles. The summed E-state index contributed by atoms with van der Waals surface area (Å²) in [6.45, 7) is 0.359. The van der Waals surface area contributed by atoms with Gasteiger partial charge in [-0.2, -0.15) is 4.67 Å². The summed E-state index contributed by atoms with van der Waals surface area (Å²) in [5.74, 6) is 0.494. The van der Waals surface area contributed by atoms with Crippen molar-refractivity contribution in [2.24, 2.45) is 0 Å². The highest BCUT2D eigenvalue weighted by Gasteiger charge is 2.30. The van der Waals surface area contributed by atoms with Crippen LogP contribution in [0, 0.1) is 0 Å².